The number of amides is 2. The van der Waals surface area contributed by atoms with Gasteiger partial charge in [-0.2, -0.15) is 0 Å². The second-order valence-corrected chi connectivity index (χ2v) is 4.66. The molecule has 0 aromatic carbocycles. The summed E-state index contributed by atoms with van der Waals surface area (Å²) in [6.45, 7) is 3.12. The van der Waals surface area contributed by atoms with E-state index in [4.69, 9.17) is 5.73 Å². The molecular formula is C12H24ClN3O2. The van der Waals surface area contributed by atoms with Crippen LogP contribution in [0, 0.1) is 5.92 Å². The molecular weight excluding hydrogens is 254 g/mol. The lowest BCUT2D eigenvalue weighted by Gasteiger charge is -2.10. The van der Waals surface area contributed by atoms with Crippen LogP contribution in [0.3, 0.4) is 0 Å². The molecule has 0 spiro atoms. The van der Waals surface area contributed by atoms with Gasteiger partial charge in [0.1, 0.15) is 0 Å². The van der Waals surface area contributed by atoms with Crippen LogP contribution in [-0.4, -0.2) is 30.9 Å². The summed E-state index contributed by atoms with van der Waals surface area (Å²) in [7, 11) is 0. The lowest BCUT2D eigenvalue weighted by molar-refractivity contribution is -0.125. The van der Waals surface area contributed by atoms with Gasteiger partial charge < -0.3 is 16.4 Å². The average molecular weight is 278 g/mol. The smallest absolute Gasteiger partial charge is 0.223 e. The Hall–Kier alpha value is -0.810. The highest BCUT2D eigenvalue weighted by Crippen LogP contribution is 2.23. The Morgan fingerprint density at radius 1 is 1.22 bits per heavy atom. The molecule has 5 nitrogen and oxygen atoms in total. The van der Waals surface area contributed by atoms with E-state index in [-0.39, 0.29) is 36.2 Å². The van der Waals surface area contributed by atoms with Gasteiger partial charge in [0.15, 0.2) is 0 Å². The number of nitrogens with two attached hydrogens (primary N) is 1. The molecule has 1 rings (SSSR count). The minimum atomic E-state index is -0.00438. The van der Waals surface area contributed by atoms with Crippen molar-refractivity contribution in [2.45, 2.75) is 45.1 Å². The third-order valence-electron chi connectivity index (χ3n) is 3.07. The highest BCUT2D eigenvalue weighted by atomic mass is 35.5. The highest BCUT2D eigenvalue weighted by Gasteiger charge is 2.27. The van der Waals surface area contributed by atoms with Crippen LogP contribution < -0.4 is 16.4 Å². The lowest BCUT2D eigenvalue weighted by atomic mass is 10.1. The summed E-state index contributed by atoms with van der Waals surface area (Å²) in [5.41, 5.74) is 5.75. The standard InChI is InChI=1S/C12H23N3O2.ClH/c1-2-6-14-11(16)5-7-15-12(17)9-3-4-10(13)8-9;/h9-10H,2-8,13H2,1H3,(H,14,16)(H,15,17);1H. The molecule has 1 aliphatic rings. The first-order valence-electron chi connectivity index (χ1n) is 6.43. The number of nitrogens with one attached hydrogen (secondary N) is 2. The highest BCUT2D eigenvalue weighted by molar-refractivity contribution is 5.85. The molecule has 0 radical (unpaired) electrons. The number of hydrogen-bond donors (Lipinski definition) is 3. The summed E-state index contributed by atoms with van der Waals surface area (Å²) < 4.78 is 0. The molecule has 6 heteroatoms. The summed E-state index contributed by atoms with van der Waals surface area (Å²) in [6, 6.07) is 0.165. The van der Waals surface area contributed by atoms with Gasteiger partial charge in [0.2, 0.25) is 11.8 Å². The van der Waals surface area contributed by atoms with Gasteiger partial charge in [-0.3, -0.25) is 9.59 Å². The van der Waals surface area contributed by atoms with Crippen molar-refractivity contribution < 1.29 is 9.59 Å². The van der Waals surface area contributed by atoms with Crippen molar-refractivity contribution in [3.05, 3.63) is 0 Å². The first-order chi connectivity index (χ1) is 8.13. The van der Waals surface area contributed by atoms with E-state index in [0.29, 0.717) is 19.5 Å². The summed E-state index contributed by atoms with van der Waals surface area (Å²) in [5.74, 6) is 0.0835. The molecule has 0 heterocycles. The Bertz CT molecular complexity index is 274. The predicted molar refractivity (Wildman–Crippen MR) is 73.5 cm³/mol. The SMILES string of the molecule is CCCNC(=O)CCNC(=O)C1CCC(N)C1.Cl. The minimum absolute atomic E-state index is 0. The van der Waals surface area contributed by atoms with E-state index in [9.17, 15) is 9.59 Å². The molecule has 2 amide bonds. The third-order valence-corrected chi connectivity index (χ3v) is 3.07. The lowest BCUT2D eigenvalue weighted by Crippen LogP contribution is -2.34. The van der Waals surface area contributed by atoms with E-state index < -0.39 is 0 Å². The van der Waals surface area contributed by atoms with Crippen LogP contribution in [0.4, 0.5) is 0 Å². The Morgan fingerprint density at radius 2 is 1.94 bits per heavy atom. The number of halogens is 1. The van der Waals surface area contributed by atoms with Gasteiger partial charge in [0.25, 0.3) is 0 Å². The van der Waals surface area contributed by atoms with Crippen LogP contribution in [0.5, 0.6) is 0 Å². The summed E-state index contributed by atoms with van der Waals surface area (Å²) >= 11 is 0. The van der Waals surface area contributed by atoms with Gasteiger partial charge in [-0.25, -0.2) is 0 Å². The van der Waals surface area contributed by atoms with Crippen molar-refractivity contribution in [3.8, 4) is 0 Å². The molecule has 1 fully saturated rings. The average Bonchev–Trinajstić information content (AvgIpc) is 2.73. The van der Waals surface area contributed by atoms with Crippen LogP contribution >= 0.6 is 12.4 Å². The molecule has 1 aliphatic carbocycles. The van der Waals surface area contributed by atoms with Crippen molar-refractivity contribution >= 4 is 24.2 Å². The zero-order chi connectivity index (χ0) is 12.7. The van der Waals surface area contributed by atoms with Crippen molar-refractivity contribution in [1.82, 2.24) is 10.6 Å². The van der Waals surface area contributed by atoms with E-state index in [1.54, 1.807) is 0 Å². The zero-order valence-corrected chi connectivity index (χ0v) is 11.7. The van der Waals surface area contributed by atoms with Gasteiger partial charge in [0, 0.05) is 31.5 Å². The fourth-order valence-corrected chi connectivity index (χ4v) is 2.05. The molecule has 4 N–H and O–H groups in total. The Morgan fingerprint density at radius 3 is 2.50 bits per heavy atom. The number of carbonyl (C=O) groups is 2. The molecule has 1 saturated carbocycles. The maximum absolute atomic E-state index is 11.7. The Labute approximate surface area is 115 Å². The summed E-state index contributed by atoms with van der Waals surface area (Å²) in [4.78, 5) is 23.0. The second kappa shape index (κ2) is 9.16. The Balaban J connectivity index is 0.00000289. The van der Waals surface area contributed by atoms with Gasteiger partial charge >= 0.3 is 0 Å². The van der Waals surface area contributed by atoms with Crippen LogP contribution in [0.2, 0.25) is 0 Å². The van der Waals surface area contributed by atoms with Crippen molar-refractivity contribution in [1.29, 1.82) is 0 Å². The Kier molecular flexibility index (Phi) is 8.75. The van der Waals surface area contributed by atoms with Crippen molar-refractivity contribution in [2.75, 3.05) is 13.1 Å². The molecule has 0 aliphatic heterocycles. The molecule has 0 bridgehead atoms. The van der Waals surface area contributed by atoms with Crippen LogP contribution in [0.1, 0.15) is 39.0 Å². The third kappa shape index (κ3) is 6.21. The largest absolute Gasteiger partial charge is 0.356 e. The van der Waals surface area contributed by atoms with Gasteiger partial charge in [0.05, 0.1) is 0 Å². The first kappa shape index (κ1) is 17.2. The monoisotopic (exact) mass is 277 g/mol. The number of hydrogen-bond acceptors (Lipinski definition) is 3. The molecule has 18 heavy (non-hydrogen) atoms. The summed E-state index contributed by atoms with van der Waals surface area (Å²) in [6.07, 6.45) is 3.85. The number of carbonyl (C=O) groups excluding carboxylic acids is 2. The first-order valence-corrected chi connectivity index (χ1v) is 6.43. The fourth-order valence-electron chi connectivity index (χ4n) is 2.05. The van der Waals surface area contributed by atoms with Crippen LogP contribution in [0.25, 0.3) is 0 Å². The maximum atomic E-state index is 11.7. The number of rotatable bonds is 6. The zero-order valence-electron chi connectivity index (χ0n) is 10.9. The second-order valence-electron chi connectivity index (χ2n) is 4.66. The van der Waals surface area contributed by atoms with Gasteiger partial charge in [-0.05, 0) is 25.7 Å². The fraction of sp³-hybridized carbons (Fsp3) is 0.833. The van der Waals surface area contributed by atoms with E-state index in [1.807, 2.05) is 6.92 Å². The molecule has 106 valence electrons. The van der Waals surface area contributed by atoms with E-state index in [1.165, 1.54) is 0 Å². The molecule has 0 aromatic rings. The predicted octanol–water partition coefficient (Wildman–Crippen LogP) is 0.568. The molecule has 0 aromatic heterocycles. The topological polar surface area (TPSA) is 84.2 Å². The molecule has 2 unspecified atom stereocenters. The van der Waals surface area contributed by atoms with Crippen molar-refractivity contribution in [2.24, 2.45) is 11.7 Å². The van der Waals surface area contributed by atoms with Gasteiger partial charge in [-0.1, -0.05) is 6.92 Å². The maximum Gasteiger partial charge on any atom is 0.223 e. The van der Waals surface area contributed by atoms with Crippen LogP contribution in [-0.2, 0) is 9.59 Å². The van der Waals surface area contributed by atoms with Crippen molar-refractivity contribution in [3.63, 3.8) is 0 Å². The van der Waals surface area contributed by atoms with E-state index in [0.717, 1.165) is 25.7 Å². The van der Waals surface area contributed by atoms with Crippen LogP contribution in [0.15, 0.2) is 0 Å². The van der Waals surface area contributed by atoms with E-state index >= 15 is 0 Å². The molecule has 2 atom stereocenters. The quantitative estimate of drug-likeness (QED) is 0.664. The summed E-state index contributed by atoms with van der Waals surface area (Å²) in [5, 5.41) is 5.57. The van der Waals surface area contributed by atoms with Gasteiger partial charge in [-0.15, -0.1) is 12.4 Å². The minimum Gasteiger partial charge on any atom is -0.356 e. The normalized spacial score (nSPS) is 22.1. The van der Waals surface area contributed by atoms with E-state index in [2.05, 4.69) is 10.6 Å². The molecule has 0 saturated heterocycles.